The molecule has 0 rings (SSSR count). The lowest BCUT2D eigenvalue weighted by Crippen LogP contribution is -1.95. The average Bonchev–Trinajstić information content (AvgIpc) is 2.26. The summed E-state index contributed by atoms with van der Waals surface area (Å²) in [5.41, 5.74) is 0. The van der Waals surface area contributed by atoms with E-state index in [9.17, 15) is 4.79 Å². The Balaban J connectivity index is 2.95. The van der Waals surface area contributed by atoms with Crippen molar-refractivity contribution in [3.05, 3.63) is 0 Å². The fourth-order valence-corrected chi connectivity index (χ4v) is 1.72. The lowest BCUT2D eigenvalue weighted by molar-refractivity contribution is -0.132. The van der Waals surface area contributed by atoms with E-state index >= 15 is 0 Å². The van der Waals surface area contributed by atoms with Crippen LogP contribution in [0.25, 0.3) is 0 Å². The Kier molecular flexibility index (Phi) is 11.7. The zero-order chi connectivity index (χ0) is 11.4. The van der Waals surface area contributed by atoms with Gasteiger partial charge in [0.05, 0.1) is 0 Å². The van der Waals surface area contributed by atoms with Gasteiger partial charge in [-0.25, -0.2) is 0 Å². The lowest BCUT2D eigenvalue weighted by atomic mass is 10.1. The van der Waals surface area contributed by atoms with E-state index in [1.807, 2.05) is 0 Å². The topological polar surface area (TPSA) is 26.3 Å². The van der Waals surface area contributed by atoms with Crippen LogP contribution in [0.15, 0.2) is 0 Å². The van der Waals surface area contributed by atoms with E-state index < -0.39 is 0 Å². The summed E-state index contributed by atoms with van der Waals surface area (Å²) >= 11 is 3.46. The van der Waals surface area contributed by atoms with Crippen molar-refractivity contribution in [3.8, 4) is 0 Å². The van der Waals surface area contributed by atoms with Crippen LogP contribution in [0.2, 0.25) is 0 Å². The molecular formula is C12H24O2S. The van der Waals surface area contributed by atoms with Gasteiger partial charge in [-0.1, -0.05) is 58.3 Å². The van der Waals surface area contributed by atoms with Gasteiger partial charge in [-0.15, -0.1) is 0 Å². The maximum absolute atomic E-state index is 10.7. The van der Waals surface area contributed by atoms with Gasteiger partial charge in [0.2, 0.25) is 0 Å². The van der Waals surface area contributed by atoms with Crippen LogP contribution in [0.1, 0.15) is 71.1 Å². The largest absolute Gasteiger partial charge is 0.395 e. The summed E-state index contributed by atoms with van der Waals surface area (Å²) in [6.45, 7) is 2.24. The zero-order valence-corrected chi connectivity index (χ0v) is 10.7. The lowest BCUT2D eigenvalue weighted by Gasteiger charge is -2.01. The van der Waals surface area contributed by atoms with Gasteiger partial charge >= 0.3 is 5.97 Å². The SMILES string of the molecule is CCCCCCCCCCCC(=O)OS. The predicted molar refractivity (Wildman–Crippen MR) is 66.9 cm³/mol. The Hall–Kier alpha value is -0.180. The number of hydrogen-bond donors (Lipinski definition) is 1. The quantitative estimate of drug-likeness (QED) is 0.345. The van der Waals surface area contributed by atoms with Crippen LogP contribution in [0.5, 0.6) is 0 Å². The van der Waals surface area contributed by atoms with Crippen LogP contribution in [-0.2, 0) is 8.98 Å². The van der Waals surface area contributed by atoms with Gasteiger partial charge in [-0.2, -0.15) is 0 Å². The molecule has 0 amide bonds. The third-order valence-electron chi connectivity index (χ3n) is 2.59. The first kappa shape index (κ1) is 14.8. The van der Waals surface area contributed by atoms with Crippen molar-refractivity contribution < 1.29 is 8.98 Å². The standard InChI is InChI=1S/C12H24O2S/c1-2-3-4-5-6-7-8-9-10-11-12(13)14-15/h15H,2-11H2,1H3. The first-order chi connectivity index (χ1) is 7.31. The second-order valence-corrected chi connectivity index (χ2v) is 4.22. The molecule has 15 heavy (non-hydrogen) atoms. The minimum atomic E-state index is -0.207. The van der Waals surface area contributed by atoms with Crippen LogP contribution in [0, 0.1) is 0 Å². The predicted octanol–water partition coefficient (Wildman–Crippen LogP) is 4.30. The fraction of sp³-hybridized carbons (Fsp3) is 0.917. The molecule has 0 aliphatic carbocycles. The molecule has 0 aromatic heterocycles. The van der Waals surface area contributed by atoms with E-state index in [4.69, 9.17) is 0 Å². The van der Waals surface area contributed by atoms with Gasteiger partial charge in [-0.3, -0.25) is 4.79 Å². The second-order valence-electron chi connectivity index (χ2n) is 4.04. The van der Waals surface area contributed by atoms with Gasteiger partial charge in [0.15, 0.2) is 0 Å². The minimum Gasteiger partial charge on any atom is -0.395 e. The van der Waals surface area contributed by atoms with Crippen LogP contribution in [0.4, 0.5) is 0 Å². The first-order valence-corrected chi connectivity index (χ1v) is 6.52. The Morgan fingerprint density at radius 1 is 0.933 bits per heavy atom. The number of unbranched alkanes of at least 4 members (excludes halogenated alkanes) is 8. The number of thiol groups is 1. The number of carbonyl (C=O) groups excluding carboxylic acids is 1. The van der Waals surface area contributed by atoms with Crippen LogP contribution >= 0.6 is 12.9 Å². The van der Waals surface area contributed by atoms with Crippen molar-refractivity contribution in [2.24, 2.45) is 0 Å². The van der Waals surface area contributed by atoms with E-state index in [0.717, 1.165) is 12.8 Å². The molecule has 2 nitrogen and oxygen atoms in total. The summed E-state index contributed by atoms with van der Waals surface area (Å²) in [6, 6.07) is 0. The maximum atomic E-state index is 10.7. The van der Waals surface area contributed by atoms with Crippen molar-refractivity contribution in [2.45, 2.75) is 71.1 Å². The van der Waals surface area contributed by atoms with E-state index in [2.05, 4.69) is 24.0 Å². The molecule has 0 aromatic rings. The number of hydrogen-bond acceptors (Lipinski definition) is 3. The highest BCUT2D eigenvalue weighted by Gasteiger charge is 1.99. The summed E-state index contributed by atoms with van der Waals surface area (Å²) in [5, 5.41) is 0. The van der Waals surface area contributed by atoms with Gasteiger partial charge in [0.1, 0.15) is 0 Å². The summed E-state index contributed by atoms with van der Waals surface area (Å²) in [4.78, 5) is 10.7. The van der Waals surface area contributed by atoms with Crippen molar-refractivity contribution in [1.29, 1.82) is 0 Å². The monoisotopic (exact) mass is 232 g/mol. The van der Waals surface area contributed by atoms with Crippen LogP contribution < -0.4 is 0 Å². The van der Waals surface area contributed by atoms with Gasteiger partial charge in [-0.05, 0) is 6.42 Å². The van der Waals surface area contributed by atoms with Crippen LogP contribution in [0.3, 0.4) is 0 Å². The van der Waals surface area contributed by atoms with Gasteiger partial charge in [0, 0.05) is 19.3 Å². The first-order valence-electron chi connectivity index (χ1n) is 6.15. The second kappa shape index (κ2) is 11.9. The molecule has 0 N–H and O–H groups in total. The summed E-state index contributed by atoms with van der Waals surface area (Å²) in [7, 11) is 0. The molecule has 90 valence electrons. The fourth-order valence-electron chi connectivity index (χ4n) is 1.63. The summed E-state index contributed by atoms with van der Waals surface area (Å²) in [6.07, 6.45) is 11.9. The molecule has 0 fully saturated rings. The third-order valence-corrected chi connectivity index (χ3v) is 2.79. The van der Waals surface area contributed by atoms with Crippen molar-refractivity contribution in [3.63, 3.8) is 0 Å². The maximum Gasteiger partial charge on any atom is 0.317 e. The molecule has 0 heterocycles. The molecule has 0 unspecified atom stereocenters. The summed E-state index contributed by atoms with van der Waals surface area (Å²) in [5.74, 6) is -0.207. The number of carbonyl (C=O) groups is 1. The Bertz CT molecular complexity index is 149. The highest BCUT2D eigenvalue weighted by atomic mass is 32.1. The van der Waals surface area contributed by atoms with E-state index in [1.165, 1.54) is 44.9 Å². The highest BCUT2D eigenvalue weighted by molar-refractivity contribution is 7.75. The highest BCUT2D eigenvalue weighted by Crippen LogP contribution is 2.10. The van der Waals surface area contributed by atoms with Gasteiger partial charge in [0.25, 0.3) is 0 Å². The van der Waals surface area contributed by atoms with E-state index in [-0.39, 0.29) is 5.97 Å². The Morgan fingerprint density at radius 2 is 1.40 bits per heavy atom. The van der Waals surface area contributed by atoms with E-state index in [1.54, 1.807) is 0 Å². The molecule has 0 radical (unpaired) electrons. The molecule has 0 saturated carbocycles. The Labute approximate surface area is 99.4 Å². The smallest absolute Gasteiger partial charge is 0.317 e. The molecule has 0 saturated heterocycles. The third kappa shape index (κ3) is 11.7. The van der Waals surface area contributed by atoms with E-state index in [0.29, 0.717) is 6.42 Å². The summed E-state index contributed by atoms with van der Waals surface area (Å²) < 4.78 is 4.28. The molecule has 0 atom stereocenters. The molecule has 0 aliphatic rings. The molecular weight excluding hydrogens is 208 g/mol. The Morgan fingerprint density at radius 3 is 1.87 bits per heavy atom. The normalized spacial score (nSPS) is 10.3. The molecule has 0 aliphatic heterocycles. The van der Waals surface area contributed by atoms with Gasteiger partial charge < -0.3 is 4.18 Å². The van der Waals surface area contributed by atoms with Crippen molar-refractivity contribution in [2.75, 3.05) is 0 Å². The van der Waals surface area contributed by atoms with Crippen LogP contribution in [-0.4, -0.2) is 5.97 Å². The number of rotatable bonds is 10. The molecule has 0 spiro atoms. The molecule has 3 heteroatoms. The van der Waals surface area contributed by atoms with Crippen molar-refractivity contribution in [1.82, 2.24) is 0 Å². The zero-order valence-electron chi connectivity index (χ0n) is 9.83. The molecule has 0 bridgehead atoms. The van der Waals surface area contributed by atoms with Crippen molar-refractivity contribution >= 4 is 18.9 Å². The average molecular weight is 232 g/mol. The molecule has 0 aromatic carbocycles. The minimum absolute atomic E-state index is 0.207.